The lowest BCUT2D eigenvalue weighted by Crippen LogP contribution is -2.40. The molecule has 0 bridgehead atoms. The fourth-order valence-electron chi connectivity index (χ4n) is 3.77. The van der Waals surface area contributed by atoms with Gasteiger partial charge in [-0.25, -0.2) is 4.39 Å². The van der Waals surface area contributed by atoms with E-state index in [9.17, 15) is 19.2 Å². The van der Waals surface area contributed by atoms with E-state index < -0.39 is 5.82 Å². The van der Waals surface area contributed by atoms with Gasteiger partial charge in [-0.15, -0.1) is 0 Å². The van der Waals surface area contributed by atoms with Gasteiger partial charge in [0, 0.05) is 18.8 Å². The lowest BCUT2D eigenvalue weighted by Gasteiger charge is -2.21. The molecule has 2 aromatic rings. The molecule has 0 saturated carbocycles. The van der Waals surface area contributed by atoms with Crippen molar-refractivity contribution in [2.75, 3.05) is 38.5 Å². The number of nitrogens with one attached hydrogen (secondary N) is 1. The third kappa shape index (κ3) is 4.52. The van der Waals surface area contributed by atoms with Crippen molar-refractivity contribution in [3.63, 3.8) is 0 Å². The fourth-order valence-corrected chi connectivity index (χ4v) is 3.77. The first kappa shape index (κ1) is 21.5. The second-order valence-corrected chi connectivity index (χ2v) is 7.67. The second kappa shape index (κ2) is 9.09. The summed E-state index contributed by atoms with van der Waals surface area (Å²) in [5.74, 6) is -0.440. The molecular weight excluding hydrogens is 385 g/mol. The minimum absolute atomic E-state index is 0.00310. The van der Waals surface area contributed by atoms with E-state index in [-0.39, 0.29) is 24.9 Å². The molecule has 1 saturated heterocycles. The molecule has 0 spiro atoms. The SMILES string of the molecule is Cc1c(C#N)c(NC(=O)CN(C)CC(=O)N2CCCC2)n(-c2cccc(F)c2)c1C. The minimum atomic E-state index is -0.408. The van der Waals surface area contributed by atoms with Crippen LogP contribution in [0.1, 0.15) is 29.7 Å². The molecule has 0 atom stereocenters. The highest BCUT2D eigenvalue weighted by Gasteiger charge is 2.23. The number of aromatic nitrogens is 1. The molecule has 0 aliphatic carbocycles. The summed E-state index contributed by atoms with van der Waals surface area (Å²) in [4.78, 5) is 28.4. The van der Waals surface area contributed by atoms with Crippen LogP contribution in [0.4, 0.5) is 10.2 Å². The van der Waals surface area contributed by atoms with E-state index in [4.69, 9.17) is 0 Å². The van der Waals surface area contributed by atoms with Crippen LogP contribution in [0.15, 0.2) is 24.3 Å². The average molecular weight is 411 g/mol. The van der Waals surface area contributed by atoms with Crippen LogP contribution in [0.25, 0.3) is 5.69 Å². The third-order valence-electron chi connectivity index (χ3n) is 5.43. The summed E-state index contributed by atoms with van der Waals surface area (Å²) >= 11 is 0. The molecule has 1 fully saturated rings. The van der Waals surface area contributed by atoms with Gasteiger partial charge in [-0.2, -0.15) is 5.26 Å². The Morgan fingerprint density at radius 1 is 1.23 bits per heavy atom. The zero-order chi connectivity index (χ0) is 21.8. The maximum Gasteiger partial charge on any atom is 0.239 e. The maximum absolute atomic E-state index is 13.8. The molecule has 1 aromatic carbocycles. The van der Waals surface area contributed by atoms with E-state index in [1.807, 2.05) is 11.8 Å². The van der Waals surface area contributed by atoms with Crippen LogP contribution in [-0.4, -0.2) is 59.4 Å². The number of hydrogen-bond acceptors (Lipinski definition) is 4. The highest BCUT2D eigenvalue weighted by molar-refractivity contribution is 5.94. The highest BCUT2D eigenvalue weighted by Crippen LogP contribution is 2.30. The Bertz CT molecular complexity index is 1000. The Hall–Kier alpha value is -3.18. The van der Waals surface area contributed by atoms with Gasteiger partial charge in [-0.1, -0.05) is 6.07 Å². The number of amides is 2. The first-order chi connectivity index (χ1) is 14.3. The van der Waals surface area contributed by atoms with E-state index in [0.29, 0.717) is 17.1 Å². The lowest BCUT2D eigenvalue weighted by atomic mass is 10.2. The van der Waals surface area contributed by atoms with Crippen LogP contribution in [0, 0.1) is 31.0 Å². The molecule has 2 amide bonds. The van der Waals surface area contributed by atoms with Crippen molar-refractivity contribution in [1.29, 1.82) is 5.26 Å². The Balaban J connectivity index is 1.78. The van der Waals surface area contributed by atoms with E-state index in [1.54, 1.807) is 35.6 Å². The molecule has 1 aromatic heterocycles. The number of carbonyl (C=O) groups is 2. The molecule has 7 nitrogen and oxygen atoms in total. The second-order valence-electron chi connectivity index (χ2n) is 7.67. The van der Waals surface area contributed by atoms with Crippen molar-refractivity contribution < 1.29 is 14.0 Å². The number of nitrogens with zero attached hydrogens (tertiary/aromatic N) is 4. The number of benzene rings is 1. The van der Waals surface area contributed by atoms with Crippen LogP contribution in [0.2, 0.25) is 0 Å². The predicted molar refractivity (Wildman–Crippen MR) is 112 cm³/mol. The smallest absolute Gasteiger partial charge is 0.239 e. The van der Waals surface area contributed by atoms with E-state index >= 15 is 0 Å². The molecule has 0 unspecified atom stereocenters. The number of nitriles is 1. The van der Waals surface area contributed by atoms with Gasteiger partial charge in [0.2, 0.25) is 11.8 Å². The average Bonchev–Trinajstić information content (AvgIpc) is 3.29. The number of halogens is 1. The Kier molecular flexibility index (Phi) is 6.53. The summed E-state index contributed by atoms with van der Waals surface area (Å²) in [5, 5.41) is 12.4. The first-order valence-corrected chi connectivity index (χ1v) is 9.96. The van der Waals surface area contributed by atoms with Gasteiger partial charge in [0.15, 0.2) is 0 Å². The van der Waals surface area contributed by atoms with Crippen molar-refractivity contribution in [3.8, 4) is 11.8 Å². The van der Waals surface area contributed by atoms with Crippen molar-refractivity contribution in [3.05, 3.63) is 46.9 Å². The van der Waals surface area contributed by atoms with Crippen molar-refractivity contribution >= 4 is 17.6 Å². The van der Waals surface area contributed by atoms with Crippen LogP contribution >= 0.6 is 0 Å². The normalized spacial score (nSPS) is 13.5. The molecule has 1 aliphatic heterocycles. The predicted octanol–water partition coefficient (Wildman–Crippen LogP) is 2.60. The van der Waals surface area contributed by atoms with Gasteiger partial charge in [0.25, 0.3) is 0 Å². The quantitative estimate of drug-likeness (QED) is 0.792. The number of likely N-dealkylation sites (tertiary alicyclic amines) is 1. The van der Waals surface area contributed by atoms with E-state index in [2.05, 4.69) is 11.4 Å². The largest absolute Gasteiger partial charge is 0.342 e. The fraction of sp³-hybridized carbons (Fsp3) is 0.409. The van der Waals surface area contributed by atoms with E-state index in [0.717, 1.165) is 37.2 Å². The summed E-state index contributed by atoms with van der Waals surface area (Å²) in [6, 6.07) is 8.12. The zero-order valence-electron chi connectivity index (χ0n) is 17.5. The molecule has 1 N–H and O–H groups in total. The summed E-state index contributed by atoms with van der Waals surface area (Å²) in [6.07, 6.45) is 2.03. The number of likely N-dealkylation sites (N-methyl/N-ethyl adjacent to an activating group) is 1. The summed E-state index contributed by atoms with van der Waals surface area (Å²) < 4.78 is 15.5. The summed E-state index contributed by atoms with van der Waals surface area (Å²) in [7, 11) is 1.71. The van der Waals surface area contributed by atoms with Crippen LogP contribution in [0.5, 0.6) is 0 Å². The van der Waals surface area contributed by atoms with Crippen molar-refractivity contribution in [2.24, 2.45) is 0 Å². The van der Waals surface area contributed by atoms with Gasteiger partial charge < -0.3 is 10.2 Å². The van der Waals surface area contributed by atoms with Gasteiger partial charge in [-0.3, -0.25) is 19.1 Å². The molecule has 8 heteroatoms. The topological polar surface area (TPSA) is 81.4 Å². The Labute approximate surface area is 175 Å². The number of carbonyl (C=O) groups excluding carboxylic acids is 2. The van der Waals surface area contributed by atoms with Gasteiger partial charge in [0.05, 0.1) is 24.3 Å². The zero-order valence-corrected chi connectivity index (χ0v) is 17.5. The molecule has 1 aliphatic rings. The Morgan fingerprint density at radius 3 is 2.57 bits per heavy atom. The lowest BCUT2D eigenvalue weighted by molar-refractivity contribution is -0.131. The number of hydrogen-bond donors (Lipinski definition) is 1. The monoisotopic (exact) mass is 411 g/mol. The molecule has 3 rings (SSSR count). The standard InChI is InChI=1S/C22H26FN5O2/c1-15-16(2)28(18-8-6-7-17(23)11-18)22(19(15)12-24)25-20(29)13-26(3)14-21(30)27-9-4-5-10-27/h6-8,11H,4-5,9-10,13-14H2,1-3H3,(H,25,29). The maximum atomic E-state index is 13.8. The van der Waals surface area contributed by atoms with Crippen LogP contribution in [0.3, 0.4) is 0 Å². The van der Waals surface area contributed by atoms with Crippen LogP contribution < -0.4 is 5.32 Å². The molecule has 30 heavy (non-hydrogen) atoms. The molecule has 2 heterocycles. The first-order valence-electron chi connectivity index (χ1n) is 9.96. The van der Waals surface area contributed by atoms with Gasteiger partial charge in [0.1, 0.15) is 17.7 Å². The third-order valence-corrected chi connectivity index (χ3v) is 5.43. The Morgan fingerprint density at radius 2 is 1.93 bits per heavy atom. The molecule has 158 valence electrons. The highest BCUT2D eigenvalue weighted by atomic mass is 19.1. The number of anilines is 1. The van der Waals surface area contributed by atoms with Crippen LogP contribution in [-0.2, 0) is 9.59 Å². The number of rotatable bonds is 6. The summed E-state index contributed by atoms with van der Waals surface area (Å²) in [6.45, 7) is 5.30. The molecule has 0 radical (unpaired) electrons. The summed E-state index contributed by atoms with van der Waals surface area (Å²) in [5.41, 5.74) is 2.31. The molecular formula is C22H26FN5O2. The van der Waals surface area contributed by atoms with E-state index in [1.165, 1.54) is 12.1 Å². The van der Waals surface area contributed by atoms with Crippen molar-refractivity contribution in [2.45, 2.75) is 26.7 Å². The van der Waals surface area contributed by atoms with Crippen molar-refractivity contribution in [1.82, 2.24) is 14.4 Å². The van der Waals surface area contributed by atoms with Gasteiger partial charge >= 0.3 is 0 Å². The van der Waals surface area contributed by atoms with Gasteiger partial charge in [-0.05, 0) is 57.5 Å². The minimum Gasteiger partial charge on any atom is -0.342 e.